The Labute approximate surface area is 130 Å². The van der Waals surface area contributed by atoms with Gasteiger partial charge in [0.15, 0.2) is 9.84 Å². The van der Waals surface area contributed by atoms with Crippen molar-refractivity contribution < 1.29 is 8.42 Å². The predicted molar refractivity (Wildman–Crippen MR) is 89.3 cm³/mol. The fourth-order valence-corrected chi connectivity index (χ4v) is 2.97. The molecule has 0 bridgehead atoms. The first kappa shape index (κ1) is 16.9. The van der Waals surface area contributed by atoms with Crippen molar-refractivity contribution in [2.45, 2.75) is 38.0 Å². The van der Waals surface area contributed by atoms with E-state index in [2.05, 4.69) is 40.0 Å². The van der Waals surface area contributed by atoms with Crippen LogP contribution in [0.25, 0.3) is 0 Å². The normalized spacial score (nSPS) is 14.4. The van der Waals surface area contributed by atoms with E-state index in [-0.39, 0.29) is 6.04 Å². The number of nitrogens with one attached hydrogen (secondary N) is 1. The van der Waals surface area contributed by atoms with Crippen LogP contribution in [0.3, 0.4) is 0 Å². The minimum Gasteiger partial charge on any atom is -0.312 e. The van der Waals surface area contributed by atoms with Crippen molar-refractivity contribution in [1.82, 2.24) is 5.32 Å². The number of halogens is 1. The summed E-state index contributed by atoms with van der Waals surface area (Å²) in [5, 5.41) is 3.31. The van der Waals surface area contributed by atoms with Gasteiger partial charge >= 0.3 is 0 Å². The standard InChI is InChI=1S/C14H22INO2S/c1-5-16-13(14(2,3)19(4,17)18)10-11-6-8-12(15)9-7-11/h6-9,13,16H,5,10H2,1-4H3. The van der Waals surface area contributed by atoms with Gasteiger partial charge in [0.1, 0.15) is 0 Å². The van der Waals surface area contributed by atoms with E-state index in [1.807, 2.05) is 19.1 Å². The Morgan fingerprint density at radius 3 is 2.21 bits per heavy atom. The van der Waals surface area contributed by atoms with Gasteiger partial charge in [0.05, 0.1) is 4.75 Å². The molecule has 0 aliphatic rings. The molecular weight excluding hydrogens is 373 g/mol. The summed E-state index contributed by atoms with van der Waals surface area (Å²) in [6.07, 6.45) is 2.02. The van der Waals surface area contributed by atoms with Crippen LogP contribution >= 0.6 is 22.6 Å². The summed E-state index contributed by atoms with van der Waals surface area (Å²) < 4.78 is 24.3. The fourth-order valence-electron chi connectivity index (χ4n) is 1.92. The minimum absolute atomic E-state index is 0.0902. The highest BCUT2D eigenvalue weighted by atomic mass is 127. The summed E-state index contributed by atoms with van der Waals surface area (Å²) in [5.41, 5.74) is 1.16. The van der Waals surface area contributed by atoms with Crippen molar-refractivity contribution in [2.24, 2.45) is 0 Å². The van der Waals surface area contributed by atoms with Crippen LogP contribution in [0.15, 0.2) is 24.3 Å². The third-order valence-corrected chi connectivity index (χ3v) is 6.51. The maximum Gasteiger partial charge on any atom is 0.154 e. The Bertz CT molecular complexity index is 509. The predicted octanol–water partition coefficient (Wildman–Crippen LogP) is 2.64. The van der Waals surface area contributed by atoms with Crippen LogP contribution in [0.2, 0.25) is 0 Å². The number of benzene rings is 1. The molecule has 1 rings (SSSR count). The molecule has 1 unspecified atom stereocenters. The average molecular weight is 395 g/mol. The molecule has 1 aromatic rings. The van der Waals surface area contributed by atoms with E-state index in [1.54, 1.807) is 13.8 Å². The van der Waals surface area contributed by atoms with Gasteiger partial charge in [0, 0.05) is 15.9 Å². The molecule has 0 saturated heterocycles. The van der Waals surface area contributed by atoms with Gasteiger partial charge in [-0.1, -0.05) is 19.1 Å². The number of hydrogen-bond acceptors (Lipinski definition) is 3. The first-order valence-electron chi connectivity index (χ1n) is 6.36. The van der Waals surface area contributed by atoms with Crippen LogP contribution in [-0.4, -0.2) is 32.0 Å². The molecule has 0 aromatic heterocycles. The van der Waals surface area contributed by atoms with Crippen molar-refractivity contribution in [3.8, 4) is 0 Å². The van der Waals surface area contributed by atoms with E-state index in [0.29, 0.717) is 6.42 Å². The molecule has 0 aliphatic carbocycles. The molecule has 3 nitrogen and oxygen atoms in total. The van der Waals surface area contributed by atoms with Gasteiger partial charge in [0.25, 0.3) is 0 Å². The molecule has 0 aliphatic heterocycles. The average Bonchev–Trinajstić information content (AvgIpc) is 2.30. The van der Waals surface area contributed by atoms with Gasteiger partial charge in [-0.25, -0.2) is 8.42 Å². The highest BCUT2D eigenvalue weighted by Crippen LogP contribution is 2.23. The first-order valence-corrected chi connectivity index (χ1v) is 9.33. The molecule has 1 atom stereocenters. The lowest BCUT2D eigenvalue weighted by Crippen LogP contribution is -2.52. The topological polar surface area (TPSA) is 46.2 Å². The van der Waals surface area contributed by atoms with Gasteiger partial charge in [-0.15, -0.1) is 0 Å². The lowest BCUT2D eigenvalue weighted by atomic mass is 9.95. The molecular formula is C14H22INO2S. The van der Waals surface area contributed by atoms with E-state index in [1.165, 1.54) is 9.83 Å². The van der Waals surface area contributed by atoms with E-state index in [9.17, 15) is 8.42 Å². The summed E-state index contributed by atoms with van der Waals surface area (Å²) in [5.74, 6) is 0. The Balaban J connectivity index is 2.99. The maximum absolute atomic E-state index is 12.0. The molecule has 0 fully saturated rings. The minimum atomic E-state index is -3.12. The van der Waals surface area contributed by atoms with Crippen molar-refractivity contribution >= 4 is 32.4 Å². The van der Waals surface area contributed by atoms with E-state index < -0.39 is 14.6 Å². The molecule has 1 N–H and O–H groups in total. The Hall–Kier alpha value is -0.140. The largest absolute Gasteiger partial charge is 0.312 e. The molecule has 108 valence electrons. The summed E-state index contributed by atoms with van der Waals surface area (Å²) in [6.45, 7) is 6.35. The first-order chi connectivity index (χ1) is 8.68. The van der Waals surface area contributed by atoms with Crippen LogP contribution in [0.1, 0.15) is 26.3 Å². The summed E-state index contributed by atoms with van der Waals surface area (Å²) >= 11 is 2.26. The monoisotopic (exact) mass is 395 g/mol. The highest BCUT2D eigenvalue weighted by Gasteiger charge is 2.38. The van der Waals surface area contributed by atoms with Crippen LogP contribution in [-0.2, 0) is 16.3 Å². The van der Waals surface area contributed by atoms with E-state index in [4.69, 9.17) is 0 Å². The second kappa shape index (κ2) is 6.54. The van der Waals surface area contributed by atoms with Gasteiger partial charge in [-0.05, 0) is 67.1 Å². The number of likely N-dealkylation sites (N-methyl/N-ethyl adjacent to an activating group) is 1. The van der Waals surface area contributed by atoms with Crippen LogP contribution < -0.4 is 5.32 Å². The SMILES string of the molecule is CCNC(Cc1ccc(I)cc1)C(C)(C)S(C)(=O)=O. The van der Waals surface area contributed by atoms with Crippen molar-refractivity contribution in [2.75, 3.05) is 12.8 Å². The van der Waals surface area contributed by atoms with Gasteiger partial charge in [0.2, 0.25) is 0 Å². The van der Waals surface area contributed by atoms with Gasteiger partial charge in [-0.2, -0.15) is 0 Å². The summed E-state index contributed by atoms with van der Waals surface area (Å²) in [7, 11) is -3.12. The fraction of sp³-hybridized carbons (Fsp3) is 0.571. The molecule has 19 heavy (non-hydrogen) atoms. The lowest BCUT2D eigenvalue weighted by molar-refractivity contribution is 0.413. The third-order valence-electron chi connectivity index (χ3n) is 3.60. The zero-order valence-corrected chi connectivity index (χ0v) is 14.9. The molecule has 0 radical (unpaired) electrons. The van der Waals surface area contributed by atoms with Crippen molar-refractivity contribution in [3.05, 3.63) is 33.4 Å². The Morgan fingerprint density at radius 1 is 1.26 bits per heavy atom. The van der Waals surface area contributed by atoms with E-state index >= 15 is 0 Å². The van der Waals surface area contributed by atoms with Crippen molar-refractivity contribution in [3.63, 3.8) is 0 Å². The maximum atomic E-state index is 12.0. The van der Waals surface area contributed by atoms with Gasteiger partial charge < -0.3 is 5.32 Å². The Kier molecular flexibility index (Phi) is 5.82. The third kappa shape index (κ3) is 4.43. The second-order valence-corrected chi connectivity index (χ2v) is 9.16. The quantitative estimate of drug-likeness (QED) is 0.754. The van der Waals surface area contributed by atoms with E-state index in [0.717, 1.165) is 12.1 Å². The smallest absolute Gasteiger partial charge is 0.154 e. The highest BCUT2D eigenvalue weighted by molar-refractivity contribution is 14.1. The second-order valence-electron chi connectivity index (χ2n) is 5.32. The van der Waals surface area contributed by atoms with Gasteiger partial charge in [-0.3, -0.25) is 0 Å². The molecule has 0 spiro atoms. The zero-order chi connectivity index (χ0) is 14.7. The molecule has 0 saturated carbocycles. The van der Waals surface area contributed by atoms with Crippen LogP contribution in [0, 0.1) is 3.57 Å². The number of rotatable bonds is 6. The molecule has 0 heterocycles. The molecule has 0 amide bonds. The summed E-state index contributed by atoms with van der Waals surface area (Å²) in [4.78, 5) is 0. The summed E-state index contributed by atoms with van der Waals surface area (Å²) in [6, 6.07) is 8.13. The zero-order valence-electron chi connectivity index (χ0n) is 11.9. The number of hydrogen-bond donors (Lipinski definition) is 1. The molecule has 5 heteroatoms. The Morgan fingerprint density at radius 2 is 1.79 bits per heavy atom. The molecule has 1 aromatic carbocycles. The van der Waals surface area contributed by atoms with Crippen molar-refractivity contribution in [1.29, 1.82) is 0 Å². The van der Waals surface area contributed by atoms with Crippen LogP contribution in [0.4, 0.5) is 0 Å². The lowest BCUT2D eigenvalue weighted by Gasteiger charge is -2.33. The number of sulfone groups is 1. The van der Waals surface area contributed by atoms with Crippen LogP contribution in [0.5, 0.6) is 0 Å².